The van der Waals surface area contributed by atoms with Gasteiger partial charge >= 0.3 is 0 Å². The van der Waals surface area contributed by atoms with Gasteiger partial charge in [0.05, 0.1) is 11.7 Å². The van der Waals surface area contributed by atoms with Gasteiger partial charge in [0.2, 0.25) is 0 Å². The van der Waals surface area contributed by atoms with Crippen LogP contribution in [0.25, 0.3) is 0 Å². The topological polar surface area (TPSA) is 41.5 Å². The molecule has 1 fully saturated rings. The van der Waals surface area contributed by atoms with Crippen LogP contribution < -0.4 is 5.32 Å². The molecule has 1 heterocycles. The van der Waals surface area contributed by atoms with Crippen molar-refractivity contribution in [3.8, 4) is 0 Å². The van der Waals surface area contributed by atoms with Crippen LogP contribution in [0.1, 0.15) is 83.8 Å². The van der Waals surface area contributed by atoms with E-state index >= 15 is 0 Å². The van der Waals surface area contributed by atoms with Crippen LogP contribution in [0.2, 0.25) is 0 Å². The van der Waals surface area contributed by atoms with Gasteiger partial charge in [-0.05, 0) is 56.1 Å². The molecule has 0 bridgehead atoms. The summed E-state index contributed by atoms with van der Waals surface area (Å²) < 4.78 is 0. The second kappa shape index (κ2) is 8.06. The first-order valence-corrected chi connectivity index (χ1v) is 9.25. The zero-order valence-corrected chi connectivity index (χ0v) is 16.0. The number of ketones is 1. The van der Waals surface area contributed by atoms with E-state index in [-0.39, 0.29) is 17.9 Å². The van der Waals surface area contributed by atoms with E-state index in [1.807, 2.05) is 0 Å². The van der Waals surface area contributed by atoms with E-state index in [2.05, 4.69) is 58.1 Å². The van der Waals surface area contributed by atoms with Gasteiger partial charge in [0.15, 0.2) is 0 Å². The number of rotatable bonds is 5. The molecule has 1 N–H and O–H groups in total. The largest absolute Gasteiger partial charge is 0.299 e. The highest BCUT2D eigenvalue weighted by Crippen LogP contribution is 2.35. The molecule has 1 saturated heterocycles. The lowest BCUT2D eigenvalue weighted by Gasteiger charge is -2.30. The molecular weight excluding hydrogens is 296 g/mol. The molecule has 0 aromatic heterocycles. The highest BCUT2D eigenvalue weighted by molar-refractivity contribution is 5.91. The van der Waals surface area contributed by atoms with E-state index in [4.69, 9.17) is 4.99 Å². The Morgan fingerprint density at radius 1 is 1.04 bits per heavy atom. The normalized spacial score (nSPS) is 22.2. The Bertz CT molecular complexity index is 590. The quantitative estimate of drug-likeness (QED) is 0.762. The first-order chi connectivity index (χ1) is 11.3. The summed E-state index contributed by atoms with van der Waals surface area (Å²) in [6.07, 6.45) is 3.08. The van der Waals surface area contributed by atoms with Crippen LogP contribution in [0.3, 0.4) is 0 Å². The Balaban J connectivity index is 2.37. The minimum Gasteiger partial charge on any atom is -0.299 e. The molecule has 3 nitrogen and oxygen atoms in total. The van der Waals surface area contributed by atoms with Crippen LogP contribution in [-0.2, 0) is 4.79 Å². The van der Waals surface area contributed by atoms with E-state index in [9.17, 15) is 4.79 Å². The molecule has 24 heavy (non-hydrogen) atoms. The second-order valence-corrected chi connectivity index (χ2v) is 7.66. The number of benzene rings is 1. The molecule has 1 aliphatic heterocycles. The summed E-state index contributed by atoms with van der Waals surface area (Å²) in [4.78, 5) is 16.8. The predicted molar refractivity (Wildman–Crippen MR) is 103 cm³/mol. The van der Waals surface area contributed by atoms with E-state index in [0.29, 0.717) is 11.8 Å². The number of nitrogens with zero attached hydrogens (tertiary/aromatic N) is 1. The maximum Gasteiger partial charge on any atom is 0.146 e. The van der Waals surface area contributed by atoms with E-state index in [1.54, 1.807) is 6.92 Å². The van der Waals surface area contributed by atoms with Crippen molar-refractivity contribution in [2.75, 3.05) is 0 Å². The number of piperidine rings is 1. The predicted octanol–water partition coefficient (Wildman–Crippen LogP) is 5.13. The number of nitrogens with one attached hydrogen (secondary N) is 1. The molecule has 132 valence electrons. The lowest BCUT2D eigenvalue weighted by Crippen LogP contribution is -2.49. The number of carbonyl (C=O) groups excluding carboxylic acids is 1. The van der Waals surface area contributed by atoms with Gasteiger partial charge in [-0.3, -0.25) is 15.1 Å². The first-order valence-electron chi connectivity index (χ1n) is 9.25. The van der Waals surface area contributed by atoms with Crippen LogP contribution in [0.4, 0.5) is 5.69 Å². The lowest BCUT2D eigenvalue weighted by molar-refractivity contribution is -0.119. The minimum atomic E-state index is -0.0150. The van der Waals surface area contributed by atoms with Crippen LogP contribution in [0.15, 0.2) is 23.2 Å². The fourth-order valence-corrected chi connectivity index (χ4v) is 3.48. The molecular formula is C21H32N2O. The number of aliphatic imine (C=N–C) groups is 1. The van der Waals surface area contributed by atoms with Crippen molar-refractivity contribution in [2.24, 2.45) is 4.99 Å². The molecule has 1 aromatic carbocycles. The molecule has 1 aliphatic rings. The van der Waals surface area contributed by atoms with Gasteiger partial charge in [-0.2, -0.15) is 0 Å². The summed E-state index contributed by atoms with van der Waals surface area (Å²) in [5.74, 6) is 1.12. The third-order valence-corrected chi connectivity index (χ3v) is 5.01. The Kier molecular flexibility index (Phi) is 6.34. The third kappa shape index (κ3) is 4.32. The standard InChI is InChI=1S/C21H32N2O/c1-13(2)17-9-7-10-18(14(3)4)21(17)22-15(5)19-11-8-12-20(23-19)16(6)24/h7,9-10,13-14,19-20,23H,8,11-12H2,1-6H3. The van der Waals surface area contributed by atoms with Crippen molar-refractivity contribution in [3.05, 3.63) is 29.3 Å². The Morgan fingerprint density at radius 3 is 2.08 bits per heavy atom. The monoisotopic (exact) mass is 328 g/mol. The molecule has 2 rings (SSSR count). The number of Topliss-reactive ketones (excluding diaryl/α,β-unsaturated/α-hetero) is 1. The van der Waals surface area contributed by atoms with Crippen molar-refractivity contribution >= 4 is 17.2 Å². The van der Waals surface area contributed by atoms with Gasteiger partial charge in [-0.25, -0.2) is 0 Å². The zero-order valence-electron chi connectivity index (χ0n) is 16.0. The van der Waals surface area contributed by atoms with Gasteiger partial charge in [-0.1, -0.05) is 45.9 Å². The molecule has 2 unspecified atom stereocenters. The van der Waals surface area contributed by atoms with Crippen LogP contribution in [-0.4, -0.2) is 23.6 Å². The fraction of sp³-hybridized carbons (Fsp3) is 0.619. The number of para-hydroxylation sites is 1. The Hall–Kier alpha value is -1.48. The van der Waals surface area contributed by atoms with E-state index in [0.717, 1.165) is 30.7 Å². The molecule has 1 aromatic rings. The average molecular weight is 329 g/mol. The molecule has 2 atom stereocenters. The van der Waals surface area contributed by atoms with Crippen molar-refractivity contribution in [1.82, 2.24) is 5.32 Å². The molecule has 0 spiro atoms. The molecule has 0 saturated carbocycles. The summed E-state index contributed by atoms with van der Waals surface area (Å²) in [5.41, 5.74) is 4.83. The second-order valence-electron chi connectivity index (χ2n) is 7.66. The SMILES string of the molecule is CC(=O)C1CCCC(C(C)=Nc2c(C(C)C)cccc2C(C)C)N1. The fourth-order valence-electron chi connectivity index (χ4n) is 3.48. The first kappa shape index (κ1) is 18.9. The van der Waals surface area contributed by atoms with Gasteiger partial charge < -0.3 is 0 Å². The number of carbonyl (C=O) groups is 1. The summed E-state index contributed by atoms with van der Waals surface area (Å²) in [6, 6.07) is 6.71. The van der Waals surface area contributed by atoms with Gasteiger partial charge in [0, 0.05) is 11.8 Å². The molecule has 0 aliphatic carbocycles. The molecule has 0 radical (unpaired) electrons. The summed E-state index contributed by atoms with van der Waals surface area (Å²) in [5, 5.41) is 3.49. The van der Waals surface area contributed by atoms with Crippen LogP contribution >= 0.6 is 0 Å². The Labute approximate surface area is 147 Å². The van der Waals surface area contributed by atoms with Gasteiger partial charge in [0.1, 0.15) is 5.78 Å². The highest BCUT2D eigenvalue weighted by Gasteiger charge is 2.26. The maximum absolute atomic E-state index is 11.7. The van der Waals surface area contributed by atoms with Gasteiger partial charge in [-0.15, -0.1) is 0 Å². The maximum atomic E-state index is 11.7. The van der Waals surface area contributed by atoms with Crippen molar-refractivity contribution in [1.29, 1.82) is 0 Å². The summed E-state index contributed by atoms with van der Waals surface area (Å²) >= 11 is 0. The summed E-state index contributed by atoms with van der Waals surface area (Å²) in [7, 11) is 0. The van der Waals surface area contributed by atoms with E-state index in [1.165, 1.54) is 11.1 Å². The zero-order chi connectivity index (χ0) is 17.9. The van der Waals surface area contributed by atoms with Crippen molar-refractivity contribution in [3.63, 3.8) is 0 Å². The van der Waals surface area contributed by atoms with Crippen molar-refractivity contribution < 1.29 is 4.79 Å². The molecule has 3 heteroatoms. The minimum absolute atomic E-state index is 0.0150. The number of hydrogen-bond donors (Lipinski definition) is 1. The van der Waals surface area contributed by atoms with Gasteiger partial charge in [0.25, 0.3) is 0 Å². The average Bonchev–Trinajstić information content (AvgIpc) is 2.54. The number of hydrogen-bond acceptors (Lipinski definition) is 3. The third-order valence-electron chi connectivity index (χ3n) is 5.01. The van der Waals surface area contributed by atoms with E-state index < -0.39 is 0 Å². The van der Waals surface area contributed by atoms with Crippen LogP contribution in [0.5, 0.6) is 0 Å². The van der Waals surface area contributed by atoms with Crippen LogP contribution in [0, 0.1) is 0 Å². The molecule has 0 amide bonds. The highest BCUT2D eigenvalue weighted by atomic mass is 16.1. The Morgan fingerprint density at radius 2 is 1.58 bits per heavy atom. The smallest absolute Gasteiger partial charge is 0.146 e. The lowest BCUT2D eigenvalue weighted by atomic mass is 9.91. The summed E-state index contributed by atoms with van der Waals surface area (Å²) in [6.45, 7) is 12.7. The van der Waals surface area contributed by atoms with Crippen molar-refractivity contribution in [2.45, 2.75) is 84.7 Å².